The number of halogens is 1. The number of piperidine rings is 1. The highest BCUT2D eigenvalue weighted by atomic mass is 79.9. The maximum Gasteiger partial charge on any atom is 0.207 e. The predicted molar refractivity (Wildman–Crippen MR) is 145 cm³/mol. The summed E-state index contributed by atoms with van der Waals surface area (Å²) < 4.78 is 1.08. The topological polar surface area (TPSA) is 32.3 Å². The number of aryl methyl sites for hydroxylation is 2. The number of benzene rings is 2. The van der Waals surface area contributed by atoms with E-state index in [-0.39, 0.29) is 0 Å². The molecule has 3 nitrogen and oxygen atoms in total. The maximum absolute atomic E-state index is 9.93. The summed E-state index contributed by atoms with van der Waals surface area (Å²) in [5.74, 6) is 1.81. The molecule has 4 rings (SSSR count). The normalized spacial score (nSPS) is 20.1. The number of nitrogens with one attached hydrogen (secondary N) is 1. The summed E-state index contributed by atoms with van der Waals surface area (Å²) in [6, 6.07) is 15.8. The molecule has 1 amide bonds. The number of carbonyl (C=O) groups excluding carboxylic acids is 1. The number of rotatable bonds is 7. The Bertz CT molecular complexity index is 832. The van der Waals surface area contributed by atoms with E-state index in [1.54, 1.807) is 5.56 Å². The molecule has 33 heavy (non-hydrogen) atoms. The predicted octanol–water partition coefficient (Wildman–Crippen LogP) is 7.05. The molecule has 1 heterocycles. The molecule has 2 fully saturated rings. The Hall–Kier alpha value is -1.65. The second-order valence-electron chi connectivity index (χ2n) is 9.32. The van der Waals surface area contributed by atoms with Crippen LogP contribution >= 0.6 is 15.9 Å². The Morgan fingerprint density at radius 3 is 2.36 bits per heavy atom. The van der Waals surface area contributed by atoms with Crippen LogP contribution < -0.4 is 5.32 Å². The molecule has 0 radical (unpaired) electrons. The molecule has 2 aliphatic rings. The van der Waals surface area contributed by atoms with Gasteiger partial charge in [-0.25, -0.2) is 0 Å². The fourth-order valence-corrected chi connectivity index (χ4v) is 4.80. The number of nitrogens with zero attached hydrogens (tertiary/aromatic N) is 1. The quantitative estimate of drug-likeness (QED) is 0.317. The van der Waals surface area contributed by atoms with E-state index < -0.39 is 0 Å². The van der Waals surface area contributed by atoms with Crippen molar-refractivity contribution in [2.75, 3.05) is 19.6 Å². The summed E-state index contributed by atoms with van der Waals surface area (Å²) in [6.07, 6.45) is 7.25. The molecule has 2 aromatic rings. The smallest absolute Gasteiger partial charge is 0.207 e. The van der Waals surface area contributed by atoms with Crippen molar-refractivity contribution in [3.63, 3.8) is 0 Å². The van der Waals surface area contributed by atoms with Crippen LogP contribution in [0.5, 0.6) is 0 Å². The van der Waals surface area contributed by atoms with Crippen molar-refractivity contribution in [3.05, 3.63) is 69.2 Å². The third kappa shape index (κ3) is 9.62. The van der Waals surface area contributed by atoms with E-state index in [4.69, 9.17) is 0 Å². The summed E-state index contributed by atoms with van der Waals surface area (Å²) >= 11 is 3.36. The SMILES string of the molecule is CC.Cc1ccc(C)c(C2CCN(CC3CC3)C(C)C2)c1.O=CNCCc1ccc(Br)cc1. The minimum absolute atomic E-state index is 0.700. The first-order valence-corrected chi connectivity index (χ1v) is 13.5. The number of carbonyl (C=O) groups is 1. The lowest BCUT2D eigenvalue weighted by molar-refractivity contribution is -0.109. The summed E-state index contributed by atoms with van der Waals surface area (Å²) in [4.78, 5) is 12.7. The van der Waals surface area contributed by atoms with E-state index in [2.05, 4.69) is 65.1 Å². The summed E-state index contributed by atoms with van der Waals surface area (Å²) in [6.45, 7) is 14.3. The van der Waals surface area contributed by atoms with Crippen LogP contribution in [0.15, 0.2) is 46.9 Å². The fraction of sp³-hybridized carbons (Fsp3) is 0.552. The molecular weight excluding hydrogens is 472 g/mol. The highest BCUT2D eigenvalue weighted by molar-refractivity contribution is 9.10. The van der Waals surface area contributed by atoms with Crippen molar-refractivity contribution in [1.29, 1.82) is 0 Å². The molecule has 2 atom stereocenters. The van der Waals surface area contributed by atoms with Crippen LogP contribution in [0.25, 0.3) is 0 Å². The third-order valence-corrected chi connectivity index (χ3v) is 7.16. The highest BCUT2D eigenvalue weighted by Gasteiger charge is 2.31. The van der Waals surface area contributed by atoms with Gasteiger partial charge in [-0.2, -0.15) is 0 Å². The standard InChI is InChI=1S/C18H27N.C9H10BrNO.C2H6/c1-13-4-5-14(2)18(10-13)17-8-9-19(15(3)11-17)12-16-6-7-16;10-9-3-1-8(2-4-9)5-6-11-7-12;1-2/h4-5,10,15-17H,6-9,11-12H2,1-3H3;1-4,7H,5-6H2,(H,11,12);1-2H3. The molecule has 182 valence electrons. The fourth-order valence-electron chi connectivity index (χ4n) is 4.53. The van der Waals surface area contributed by atoms with Gasteiger partial charge in [0.25, 0.3) is 0 Å². The molecule has 0 aromatic heterocycles. The van der Waals surface area contributed by atoms with Gasteiger partial charge < -0.3 is 10.2 Å². The van der Waals surface area contributed by atoms with Crippen molar-refractivity contribution in [2.45, 2.75) is 78.7 Å². The molecule has 1 saturated carbocycles. The van der Waals surface area contributed by atoms with Crippen molar-refractivity contribution in [2.24, 2.45) is 5.92 Å². The van der Waals surface area contributed by atoms with Crippen LogP contribution in [0, 0.1) is 19.8 Å². The van der Waals surface area contributed by atoms with Gasteiger partial charge >= 0.3 is 0 Å². The van der Waals surface area contributed by atoms with E-state index in [0.717, 1.165) is 35.2 Å². The van der Waals surface area contributed by atoms with E-state index in [1.165, 1.54) is 55.5 Å². The van der Waals surface area contributed by atoms with Gasteiger partial charge in [0, 0.05) is 23.6 Å². The average Bonchev–Trinajstić information content (AvgIpc) is 3.64. The van der Waals surface area contributed by atoms with Crippen LogP contribution in [-0.4, -0.2) is 37.0 Å². The van der Waals surface area contributed by atoms with E-state index in [9.17, 15) is 4.79 Å². The average molecular weight is 516 g/mol. The van der Waals surface area contributed by atoms with Crippen molar-refractivity contribution in [1.82, 2.24) is 10.2 Å². The lowest BCUT2D eigenvalue weighted by Gasteiger charge is -2.38. The molecule has 4 heteroatoms. The van der Waals surface area contributed by atoms with Gasteiger partial charge in [-0.15, -0.1) is 0 Å². The Balaban J connectivity index is 0.000000238. The van der Waals surface area contributed by atoms with Crippen molar-refractivity contribution >= 4 is 22.3 Å². The number of hydrogen-bond donors (Lipinski definition) is 1. The first kappa shape index (κ1) is 27.6. The van der Waals surface area contributed by atoms with Gasteiger partial charge in [0.2, 0.25) is 6.41 Å². The molecule has 2 aromatic carbocycles. The molecule has 0 bridgehead atoms. The third-order valence-electron chi connectivity index (χ3n) is 6.63. The molecular formula is C29H43BrN2O. The minimum atomic E-state index is 0.700. The molecule has 1 saturated heterocycles. The largest absolute Gasteiger partial charge is 0.358 e. The van der Waals surface area contributed by atoms with Crippen LogP contribution in [-0.2, 0) is 11.2 Å². The van der Waals surface area contributed by atoms with Crippen molar-refractivity contribution < 1.29 is 4.79 Å². The van der Waals surface area contributed by atoms with Gasteiger partial charge in [0.1, 0.15) is 0 Å². The highest BCUT2D eigenvalue weighted by Crippen LogP contribution is 2.36. The molecule has 1 aliphatic heterocycles. The zero-order valence-electron chi connectivity index (χ0n) is 21.2. The molecule has 2 unspecified atom stereocenters. The summed E-state index contributed by atoms with van der Waals surface area (Å²) in [5.41, 5.74) is 5.73. The lowest BCUT2D eigenvalue weighted by Crippen LogP contribution is -2.41. The van der Waals surface area contributed by atoms with Gasteiger partial charge in [0.15, 0.2) is 0 Å². The van der Waals surface area contributed by atoms with Crippen LogP contribution in [0.1, 0.15) is 74.6 Å². The van der Waals surface area contributed by atoms with Crippen LogP contribution in [0.2, 0.25) is 0 Å². The molecule has 0 spiro atoms. The monoisotopic (exact) mass is 514 g/mol. The zero-order chi connectivity index (χ0) is 24.2. The Labute approximate surface area is 210 Å². The second-order valence-corrected chi connectivity index (χ2v) is 10.2. The maximum atomic E-state index is 9.93. The van der Waals surface area contributed by atoms with Gasteiger partial charge in [-0.05, 0) is 100 Å². The molecule has 1 N–H and O–H groups in total. The first-order chi connectivity index (χ1) is 16.0. The van der Waals surface area contributed by atoms with Crippen LogP contribution in [0.3, 0.4) is 0 Å². The van der Waals surface area contributed by atoms with Gasteiger partial charge in [-0.3, -0.25) is 4.79 Å². The zero-order valence-corrected chi connectivity index (χ0v) is 22.8. The molecule has 1 aliphatic carbocycles. The van der Waals surface area contributed by atoms with Gasteiger partial charge in [-0.1, -0.05) is 65.7 Å². The van der Waals surface area contributed by atoms with E-state index in [0.29, 0.717) is 6.54 Å². The Morgan fingerprint density at radius 2 is 1.76 bits per heavy atom. The van der Waals surface area contributed by atoms with Crippen molar-refractivity contribution in [3.8, 4) is 0 Å². The Kier molecular flexibility index (Phi) is 12.2. The van der Waals surface area contributed by atoms with E-state index in [1.807, 2.05) is 38.1 Å². The number of amides is 1. The second kappa shape index (κ2) is 14.6. The van der Waals surface area contributed by atoms with E-state index >= 15 is 0 Å². The Morgan fingerprint density at radius 1 is 1.06 bits per heavy atom. The first-order valence-electron chi connectivity index (χ1n) is 12.7. The number of hydrogen-bond acceptors (Lipinski definition) is 2. The summed E-state index contributed by atoms with van der Waals surface area (Å²) in [5, 5.41) is 2.62. The lowest BCUT2D eigenvalue weighted by atomic mass is 9.83. The van der Waals surface area contributed by atoms with Crippen LogP contribution in [0.4, 0.5) is 0 Å². The summed E-state index contributed by atoms with van der Waals surface area (Å²) in [7, 11) is 0. The number of likely N-dealkylation sites (tertiary alicyclic amines) is 1. The minimum Gasteiger partial charge on any atom is -0.358 e. The van der Waals surface area contributed by atoms with Gasteiger partial charge in [0.05, 0.1) is 0 Å².